The van der Waals surface area contributed by atoms with Gasteiger partial charge in [0.05, 0.1) is 0 Å². The van der Waals surface area contributed by atoms with Crippen molar-refractivity contribution in [3.63, 3.8) is 0 Å². The Morgan fingerprint density at radius 3 is 2.47 bits per heavy atom. The van der Waals surface area contributed by atoms with E-state index in [1.807, 2.05) is 12.1 Å². The minimum atomic E-state index is -0.0755. The van der Waals surface area contributed by atoms with Gasteiger partial charge in [0.2, 0.25) is 0 Å². The van der Waals surface area contributed by atoms with Crippen LogP contribution in [0.25, 0.3) is 0 Å². The van der Waals surface area contributed by atoms with Crippen molar-refractivity contribution in [3.8, 4) is 0 Å². The van der Waals surface area contributed by atoms with Crippen molar-refractivity contribution in [1.82, 2.24) is 9.80 Å². The normalized spacial score (nSPS) is 20.4. The SMILES string of the molecule is CC(Cc1ccccc1F)N1CCN(C)CC1. The zero-order chi connectivity index (χ0) is 12.3. The highest BCUT2D eigenvalue weighted by Crippen LogP contribution is 2.13. The van der Waals surface area contributed by atoms with Crippen LogP contribution in [0.1, 0.15) is 12.5 Å². The van der Waals surface area contributed by atoms with Crippen LogP contribution in [0.15, 0.2) is 24.3 Å². The van der Waals surface area contributed by atoms with Gasteiger partial charge in [-0.1, -0.05) is 18.2 Å². The Labute approximate surface area is 103 Å². The first-order chi connectivity index (χ1) is 8.16. The second kappa shape index (κ2) is 5.61. The van der Waals surface area contributed by atoms with Crippen molar-refractivity contribution < 1.29 is 4.39 Å². The molecule has 1 aliphatic rings. The first kappa shape index (κ1) is 12.5. The molecular formula is C14H21FN2. The summed E-state index contributed by atoms with van der Waals surface area (Å²) in [6, 6.07) is 7.52. The Bertz CT molecular complexity index is 359. The molecule has 3 heteroatoms. The molecule has 2 rings (SSSR count). The summed E-state index contributed by atoms with van der Waals surface area (Å²) in [5.41, 5.74) is 0.832. The molecule has 1 atom stereocenters. The van der Waals surface area contributed by atoms with Gasteiger partial charge < -0.3 is 4.90 Å². The van der Waals surface area contributed by atoms with E-state index in [-0.39, 0.29) is 5.82 Å². The maximum Gasteiger partial charge on any atom is 0.126 e. The van der Waals surface area contributed by atoms with E-state index in [4.69, 9.17) is 0 Å². The largest absolute Gasteiger partial charge is 0.304 e. The van der Waals surface area contributed by atoms with Gasteiger partial charge in [-0.25, -0.2) is 4.39 Å². The maximum atomic E-state index is 13.6. The summed E-state index contributed by atoms with van der Waals surface area (Å²) in [5, 5.41) is 0. The van der Waals surface area contributed by atoms with Crippen LogP contribution in [0.4, 0.5) is 4.39 Å². The maximum absolute atomic E-state index is 13.6. The highest BCUT2D eigenvalue weighted by atomic mass is 19.1. The number of hydrogen-bond acceptors (Lipinski definition) is 2. The van der Waals surface area contributed by atoms with Crippen LogP contribution in [0.5, 0.6) is 0 Å². The van der Waals surface area contributed by atoms with Crippen LogP contribution in [-0.4, -0.2) is 49.1 Å². The zero-order valence-corrected chi connectivity index (χ0v) is 10.7. The van der Waals surface area contributed by atoms with Crippen molar-refractivity contribution in [1.29, 1.82) is 0 Å². The molecule has 1 aliphatic heterocycles. The van der Waals surface area contributed by atoms with Crippen molar-refractivity contribution in [3.05, 3.63) is 35.6 Å². The van der Waals surface area contributed by atoms with E-state index in [0.717, 1.165) is 38.2 Å². The van der Waals surface area contributed by atoms with E-state index in [0.29, 0.717) is 6.04 Å². The van der Waals surface area contributed by atoms with Crippen LogP contribution < -0.4 is 0 Å². The van der Waals surface area contributed by atoms with Gasteiger partial charge in [-0.3, -0.25) is 4.90 Å². The average Bonchev–Trinajstić information content (AvgIpc) is 2.33. The predicted octanol–water partition coefficient (Wildman–Crippen LogP) is 2.00. The summed E-state index contributed by atoms with van der Waals surface area (Å²) >= 11 is 0. The molecule has 0 amide bonds. The van der Waals surface area contributed by atoms with Crippen molar-refractivity contribution in [2.75, 3.05) is 33.2 Å². The molecule has 0 N–H and O–H groups in total. The van der Waals surface area contributed by atoms with E-state index in [1.54, 1.807) is 12.1 Å². The fraction of sp³-hybridized carbons (Fsp3) is 0.571. The first-order valence-corrected chi connectivity index (χ1v) is 6.33. The van der Waals surface area contributed by atoms with E-state index in [2.05, 4.69) is 23.8 Å². The highest BCUT2D eigenvalue weighted by molar-refractivity contribution is 5.18. The molecule has 1 aromatic rings. The van der Waals surface area contributed by atoms with Crippen LogP contribution in [0, 0.1) is 5.82 Å². The predicted molar refractivity (Wildman–Crippen MR) is 68.6 cm³/mol. The standard InChI is InChI=1S/C14H21FN2/c1-12(17-9-7-16(2)8-10-17)11-13-5-3-4-6-14(13)15/h3-6,12H,7-11H2,1-2H3. The molecule has 94 valence electrons. The lowest BCUT2D eigenvalue weighted by Gasteiger charge is -2.36. The summed E-state index contributed by atoms with van der Waals surface area (Å²) in [6.07, 6.45) is 0.802. The summed E-state index contributed by atoms with van der Waals surface area (Å²) in [6.45, 7) is 6.60. The van der Waals surface area contributed by atoms with Gasteiger partial charge in [0.15, 0.2) is 0 Å². The molecule has 0 saturated carbocycles. The minimum Gasteiger partial charge on any atom is -0.304 e. The van der Waals surface area contributed by atoms with Crippen LogP contribution in [0.2, 0.25) is 0 Å². The number of benzene rings is 1. The lowest BCUT2D eigenvalue weighted by atomic mass is 10.0. The van der Waals surface area contributed by atoms with Gasteiger partial charge in [0.1, 0.15) is 5.82 Å². The highest BCUT2D eigenvalue weighted by Gasteiger charge is 2.19. The Morgan fingerprint density at radius 1 is 1.18 bits per heavy atom. The molecule has 0 spiro atoms. The second-order valence-corrected chi connectivity index (χ2v) is 4.98. The van der Waals surface area contributed by atoms with Gasteiger partial charge in [-0.05, 0) is 32.0 Å². The van der Waals surface area contributed by atoms with Gasteiger partial charge >= 0.3 is 0 Å². The van der Waals surface area contributed by atoms with Gasteiger partial charge in [-0.2, -0.15) is 0 Å². The van der Waals surface area contributed by atoms with E-state index < -0.39 is 0 Å². The lowest BCUT2D eigenvalue weighted by Crippen LogP contribution is -2.48. The Kier molecular flexibility index (Phi) is 4.13. The third kappa shape index (κ3) is 3.27. The number of halogens is 1. The van der Waals surface area contributed by atoms with Gasteiger partial charge in [0.25, 0.3) is 0 Å². The Morgan fingerprint density at radius 2 is 1.82 bits per heavy atom. The van der Waals surface area contributed by atoms with Crippen LogP contribution in [0.3, 0.4) is 0 Å². The lowest BCUT2D eigenvalue weighted by molar-refractivity contribution is 0.118. The van der Waals surface area contributed by atoms with Crippen LogP contribution >= 0.6 is 0 Å². The molecule has 17 heavy (non-hydrogen) atoms. The van der Waals surface area contributed by atoms with Crippen LogP contribution in [-0.2, 0) is 6.42 Å². The summed E-state index contributed by atoms with van der Waals surface area (Å²) in [4.78, 5) is 4.79. The molecule has 1 saturated heterocycles. The first-order valence-electron chi connectivity index (χ1n) is 6.33. The molecule has 1 aromatic carbocycles. The van der Waals surface area contributed by atoms with E-state index >= 15 is 0 Å². The Hall–Kier alpha value is -0.930. The van der Waals surface area contributed by atoms with Crippen molar-refractivity contribution >= 4 is 0 Å². The number of hydrogen-bond donors (Lipinski definition) is 0. The molecular weight excluding hydrogens is 215 g/mol. The molecule has 0 aliphatic carbocycles. The molecule has 1 unspecified atom stereocenters. The Balaban J connectivity index is 1.93. The summed E-state index contributed by atoms with van der Waals surface area (Å²) < 4.78 is 13.6. The van der Waals surface area contributed by atoms with E-state index in [1.165, 1.54) is 0 Å². The molecule has 0 radical (unpaired) electrons. The smallest absolute Gasteiger partial charge is 0.126 e. The topological polar surface area (TPSA) is 6.48 Å². The fourth-order valence-electron chi connectivity index (χ4n) is 2.37. The third-order valence-electron chi connectivity index (χ3n) is 3.63. The number of piperazine rings is 1. The number of nitrogens with zero attached hydrogens (tertiary/aromatic N) is 2. The van der Waals surface area contributed by atoms with Gasteiger partial charge in [-0.15, -0.1) is 0 Å². The number of likely N-dealkylation sites (N-methyl/N-ethyl adjacent to an activating group) is 1. The monoisotopic (exact) mass is 236 g/mol. The fourth-order valence-corrected chi connectivity index (χ4v) is 2.37. The van der Waals surface area contributed by atoms with E-state index in [9.17, 15) is 4.39 Å². The molecule has 1 heterocycles. The zero-order valence-electron chi connectivity index (χ0n) is 10.7. The molecule has 1 fully saturated rings. The molecule has 2 nitrogen and oxygen atoms in total. The summed E-state index contributed by atoms with van der Waals surface area (Å²) in [7, 11) is 2.15. The molecule has 0 bridgehead atoms. The third-order valence-corrected chi connectivity index (χ3v) is 3.63. The second-order valence-electron chi connectivity index (χ2n) is 4.98. The molecule has 0 aromatic heterocycles. The minimum absolute atomic E-state index is 0.0755. The average molecular weight is 236 g/mol. The van der Waals surface area contributed by atoms with Gasteiger partial charge in [0, 0.05) is 32.2 Å². The quantitative estimate of drug-likeness (QED) is 0.792. The van der Waals surface area contributed by atoms with Crippen molar-refractivity contribution in [2.45, 2.75) is 19.4 Å². The number of rotatable bonds is 3. The van der Waals surface area contributed by atoms with Crippen molar-refractivity contribution in [2.24, 2.45) is 0 Å². The summed E-state index contributed by atoms with van der Waals surface area (Å²) in [5.74, 6) is -0.0755.